The van der Waals surface area contributed by atoms with E-state index in [0.717, 1.165) is 11.1 Å². The maximum absolute atomic E-state index is 13.1. The van der Waals surface area contributed by atoms with Crippen molar-refractivity contribution in [3.8, 4) is 0 Å². The van der Waals surface area contributed by atoms with E-state index in [1.54, 1.807) is 12.1 Å². The fraction of sp³-hybridized carbons (Fsp3) is 0.167. The molecule has 0 saturated heterocycles. The van der Waals surface area contributed by atoms with Gasteiger partial charge in [0.2, 0.25) is 5.96 Å². The molecule has 1 N–H and O–H groups in total. The standard InChI is InChI=1S/C24H21Cl2N5O5S/c25-19-8-6-18(7-9-19)23-22(17-4-2-1-3-5-17)16-30(28-23)24(27-14-15-36-31(32)33)29-37(34,35)21-12-10-20(26)11-13-21/h1-13,22H,14-16H2,(H,27,29)/t22-/m0/s1. The number of benzene rings is 3. The number of hydrogen-bond donors (Lipinski definition) is 1. The van der Waals surface area contributed by atoms with E-state index in [2.05, 4.69) is 14.6 Å². The molecule has 0 radical (unpaired) electrons. The zero-order chi connectivity index (χ0) is 26.4. The van der Waals surface area contributed by atoms with Crippen LogP contribution in [0.15, 0.2) is 93.3 Å². The van der Waals surface area contributed by atoms with E-state index in [1.165, 1.54) is 29.3 Å². The van der Waals surface area contributed by atoms with Crippen molar-refractivity contribution in [2.45, 2.75) is 10.8 Å². The van der Waals surface area contributed by atoms with Crippen molar-refractivity contribution in [3.63, 3.8) is 0 Å². The van der Waals surface area contributed by atoms with E-state index >= 15 is 0 Å². The second kappa shape index (κ2) is 11.6. The minimum atomic E-state index is -4.17. The molecule has 1 aliphatic rings. The topological polar surface area (TPSA) is 126 Å². The number of rotatable bonds is 8. The lowest BCUT2D eigenvalue weighted by Gasteiger charge is -2.19. The van der Waals surface area contributed by atoms with Gasteiger partial charge in [-0.05, 0) is 47.5 Å². The van der Waals surface area contributed by atoms with Crippen LogP contribution >= 0.6 is 23.2 Å². The highest BCUT2D eigenvalue weighted by atomic mass is 35.5. The lowest BCUT2D eigenvalue weighted by atomic mass is 9.91. The number of guanidine groups is 1. The van der Waals surface area contributed by atoms with Gasteiger partial charge in [-0.15, -0.1) is 14.5 Å². The molecule has 1 aliphatic heterocycles. The molecule has 0 amide bonds. The molecule has 0 unspecified atom stereocenters. The summed E-state index contributed by atoms with van der Waals surface area (Å²) in [5.74, 6) is -0.325. The van der Waals surface area contributed by atoms with Gasteiger partial charge in [-0.3, -0.25) is 0 Å². The van der Waals surface area contributed by atoms with Crippen molar-refractivity contribution in [1.29, 1.82) is 0 Å². The molecule has 4 rings (SSSR count). The highest BCUT2D eigenvalue weighted by Crippen LogP contribution is 2.30. The zero-order valence-corrected chi connectivity index (χ0v) is 21.5. The first-order valence-electron chi connectivity index (χ1n) is 11.0. The van der Waals surface area contributed by atoms with Gasteiger partial charge >= 0.3 is 0 Å². The highest BCUT2D eigenvalue weighted by molar-refractivity contribution is 7.90. The Balaban J connectivity index is 1.73. The molecule has 1 atom stereocenters. The van der Waals surface area contributed by atoms with Crippen molar-refractivity contribution in [3.05, 3.63) is 110 Å². The van der Waals surface area contributed by atoms with Crippen LogP contribution < -0.4 is 5.32 Å². The molecular formula is C24H21Cl2N5O5S. The molecule has 3 aromatic rings. The molecule has 0 aromatic heterocycles. The Morgan fingerprint density at radius 1 is 1.05 bits per heavy atom. The predicted octanol–water partition coefficient (Wildman–Crippen LogP) is 4.34. The van der Waals surface area contributed by atoms with Crippen LogP contribution in [0.3, 0.4) is 0 Å². The number of hydrazone groups is 1. The largest absolute Gasteiger partial charge is 0.352 e. The molecule has 192 valence electrons. The average molecular weight is 562 g/mol. The van der Waals surface area contributed by atoms with Crippen LogP contribution in [0.2, 0.25) is 10.0 Å². The lowest BCUT2D eigenvalue weighted by molar-refractivity contribution is -0.757. The Hall–Kier alpha value is -3.67. The second-order valence-electron chi connectivity index (χ2n) is 7.86. The van der Waals surface area contributed by atoms with Crippen LogP contribution in [0.4, 0.5) is 0 Å². The summed E-state index contributed by atoms with van der Waals surface area (Å²) in [6.07, 6.45) is 0. The van der Waals surface area contributed by atoms with Gasteiger partial charge in [0.1, 0.15) is 6.61 Å². The van der Waals surface area contributed by atoms with Gasteiger partial charge in [0.05, 0.1) is 17.2 Å². The summed E-state index contributed by atoms with van der Waals surface area (Å²) < 4.78 is 30.2. The van der Waals surface area contributed by atoms with E-state index in [0.29, 0.717) is 15.8 Å². The van der Waals surface area contributed by atoms with Gasteiger partial charge in [-0.2, -0.15) is 13.5 Å². The van der Waals surface area contributed by atoms with Gasteiger partial charge in [0.25, 0.3) is 15.1 Å². The van der Waals surface area contributed by atoms with Crippen molar-refractivity contribution >= 4 is 44.9 Å². The van der Waals surface area contributed by atoms with E-state index < -0.39 is 15.1 Å². The molecule has 3 aromatic carbocycles. The summed E-state index contributed by atoms with van der Waals surface area (Å²) in [5, 5.41) is 19.5. The van der Waals surface area contributed by atoms with Crippen LogP contribution in [-0.4, -0.2) is 49.9 Å². The van der Waals surface area contributed by atoms with Gasteiger partial charge in [0.15, 0.2) is 0 Å². The quantitative estimate of drug-likeness (QED) is 0.142. The summed E-state index contributed by atoms with van der Waals surface area (Å²) in [4.78, 5) is 14.8. The smallest absolute Gasteiger partial charge is 0.294 e. The van der Waals surface area contributed by atoms with Gasteiger partial charge in [-0.25, -0.2) is 5.01 Å². The number of sulfonamides is 1. The average Bonchev–Trinajstić information content (AvgIpc) is 3.32. The van der Waals surface area contributed by atoms with Crippen LogP contribution in [-0.2, 0) is 14.9 Å². The predicted molar refractivity (Wildman–Crippen MR) is 141 cm³/mol. The van der Waals surface area contributed by atoms with Crippen molar-refractivity contribution < 1.29 is 18.3 Å². The summed E-state index contributed by atoms with van der Waals surface area (Å²) in [6.45, 7) is -0.148. The molecule has 0 bridgehead atoms. The third-order valence-corrected chi connectivity index (χ3v) is 7.19. The van der Waals surface area contributed by atoms with Crippen LogP contribution in [0.5, 0.6) is 0 Å². The highest BCUT2D eigenvalue weighted by Gasteiger charge is 2.32. The van der Waals surface area contributed by atoms with E-state index in [9.17, 15) is 18.5 Å². The number of nitrogens with one attached hydrogen (secondary N) is 1. The van der Waals surface area contributed by atoms with Gasteiger partial charge in [0, 0.05) is 22.5 Å². The first-order chi connectivity index (χ1) is 17.7. The number of halogens is 2. The maximum atomic E-state index is 13.1. The Labute approximate surface area is 223 Å². The minimum absolute atomic E-state index is 0.0709. The normalized spacial score (nSPS) is 15.8. The Bertz CT molecular complexity index is 1420. The monoisotopic (exact) mass is 561 g/mol. The van der Waals surface area contributed by atoms with Crippen molar-refractivity contribution in [1.82, 2.24) is 10.3 Å². The number of hydrogen-bond acceptors (Lipinski definition) is 6. The molecule has 1 heterocycles. The molecule has 0 aliphatic carbocycles. The Kier molecular flexibility index (Phi) is 8.27. The molecule has 37 heavy (non-hydrogen) atoms. The summed E-state index contributed by atoms with van der Waals surface area (Å²) in [6, 6.07) is 22.4. The maximum Gasteiger partial charge on any atom is 0.294 e. The number of nitrogens with zero attached hydrogens (tertiary/aromatic N) is 4. The second-order valence-corrected chi connectivity index (χ2v) is 10.3. The van der Waals surface area contributed by atoms with E-state index in [4.69, 9.17) is 28.3 Å². The third kappa shape index (κ3) is 6.76. The molecule has 0 fully saturated rings. The molecular weight excluding hydrogens is 541 g/mol. The summed E-state index contributed by atoms with van der Waals surface area (Å²) in [5.41, 5.74) is 2.45. The van der Waals surface area contributed by atoms with Crippen LogP contribution in [0.1, 0.15) is 17.0 Å². The lowest BCUT2D eigenvalue weighted by Crippen LogP contribution is -2.40. The van der Waals surface area contributed by atoms with Gasteiger partial charge < -0.3 is 10.2 Å². The van der Waals surface area contributed by atoms with E-state index in [-0.39, 0.29) is 36.5 Å². The Morgan fingerprint density at radius 2 is 1.68 bits per heavy atom. The zero-order valence-electron chi connectivity index (χ0n) is 19.2. The first kappa shape index (κ1) is 26.4. The van der Waals surface area contributed by atoms with Crippen LogP contribution in [0, 0.1) is 10.1 Å². The fourth-order valence-corrected chi connectivity index (χ4v) is 4.91. The van der Waals surface area contributed by atoms with E-state index in [1.807, 2.05) is 42.5 Å². The summed E-state index contributed by atoms with van der Waals surface area (Å²) in [7, 11) is -4.17. The Morgan fingerprint density at radius 3 is 2.30 bits per heavy atom. The van der Waals surface area contributed by atoms with Crippen molar-refractivity contribution in [2.24, 2.45) is 9.50 Å². The molecule has 0 saturated carbocycles. The van der Waals surface area contributed by atoms with Crippen molar-refractivity contribution in [2.75, 3.05) is 19.7 Å². The summed E-state index contributed by atoms with van der Waals surface area (Å²) >= 11 is 12.0. The third-order valence-electron chi connectivity index (χ3n) is 5.40. The van der Waals surface area contributed by atoms with Crippen LogP contribution in [0.25, 0.3) is 0 Å². The molecule has 10 nitrogen and oxygen atoms in total. The minimum Gasteiger partial charge on any atom is -0.352 e. The van der Waals surface area contributed by atoms with Gasteiger partial charge in [-0.1, -0.05) is 65.7 Å². The fourth-order valence-electron chi connectivity index (χ4n) is 3.69. The first-order valence-corrected chi connectivity index (χ1v) is 13.2. The molecule has 0 spiro atoms. The SMILES string of the molecule is O=[N+]([O-])OCCN/C(=N/S(=O)(=O)c1ccc(Cl)cc1)N1C[C@@H](c2ccccc2)C(c2ccc(Cl)cc2)=N1. The molecule has 13 heteroatoms.